The molecule has 0 unspecified atom stereocenters. The van der Waals surface area contributed by atoms with Gasteiger partial charge in [-0.05, 0) is 26.0 Å². The molecule has 0 spiro atoms. The van der Waals surface area contributed by atoms with Gasteiger partial charge in [-0.25, -0.2) is 13.4 Å². The Bertz CT molecular complexity index is 752. The quantitative estimate of drug-likeness (QED) is 0.876. The minimum atomic E-state index is -3.41. The molecule has 0 fully saturated rings. The Labute approximate surface area is 134 Å². The van der Waals surface area contributed by atoms with Gasteiger partial charge in [-0.15, -0.1) is 11.3 Å². The first-order valence-electron chi connectivity index (χ1n) is 6.86. The van der Waals surface area contributed by atoms with Crippen molar-refractivity contribution >= 4 is 27.1 Å². The van der Waals surface area contributed by atoms with Gasteiger partial charge in [0.25, 0.3) is 0 Å². The average molecular weight is 338 g/mol. The molecule has 7 heteroatoms. The van der Waals surface area contributed by atoms with E-state index in [1.807, 2.05) is 13.8 Å². The fourth-order valence-corrected chi connectivity index (χ4v) is 4.12. The normalized spacial score (nSPS) is 11.4. The molecule has 1 aromatic heterocycles. The number of hydrogen-bond acceptors (Lipinski definition) is 5. The van der Waals surface area contributed by atoms with Crippen LogP contribution in [0.3, 0.4) is 0 Å². The number of nitrogens with one attached hydrogen (secondary N) is 1. The number of thiazole rings is 1. The molecule has 1 amide bonds. The Morgan fingerprint density at radius 2 is 1.91 bits per heavy atom. The molecule has 0 atom stereocenters. The van der Waals surface area contributed by atoms with Crippen molar-refractivity contribution in [2.45, 2.75) is 31.7 Å². The molecule has 0 aliphatic rings. The minimum absolute atomic E-state index is 0.0476. The standard InChI is InChI=1S/C15H18N2O3S2/c1-11-14(21-12(2)17-11)10-16-15(18)8-9-22(19,20)13-6-4-3-5-7-13/h3-7H,8-10H2,1-2H3,(H,16,18). The molecular formula is C15H18N2O3S2. The molecule has 0 aliphatic heterocycles. The van der Waals surface area contributed by atoms with E-state index < -0.39 is 9.84 Å². The molecule has 2 rings (SSSR count). The van der Waals surface area contributed by atoms with Gasteiger partial charge in [-0.2, -0.15) is 0 Å². The van der Waals surface area contributed by atoms with Crippen LogP contribution in [0.1, 0.15) is 22.0 Å². The van der Waals surface area contributed by atoms with Crippen LogP contribution in [0.5, 0.6) is 0 Å². The molecule has 1 heterocycles. The lowest BCUT2D eigenvalue weighted by molar-refractivity contribution is -0.120. The van der Waals surface area contributed by atoms with E-state index in [4.69, 9.17) is 0 Å². The van der Waals surface area contributed by atoms with Gasteiger partial charge in [0.2, 0.25) is 5.91 Å². The number of carbonyl (C=O) groups is 1. The van der Waals surface area contributed by atoms with Crippen molar-refractivity contribution < 1.29 is 13.2 Å². The third-order valence-corrected chi connectivity index (χ3v) is 5.95. The Morgan fingerprint density at radius 3 is 2.50 bits per heavy atom. The summed E-state index contributed by atoms with van der Waals surface area (Å²) < 4.78 is 24.2. The predicted molar refractivity (Wildman–Crippen MR) is 86.5 cm³/mol. The molecule has 118 valence electrons. The molecule has 0 saturated heterocycles. The van der Waals surface area contributed by atoms with Crippen molar-refractivity contribution in [3.63, 3.8) is 0 Å². The summed E-state index contributed by atoms with van der Waals surface area (Å²) in [5, 5.41) is 3.70. The van der Waals surface area contributed by atoms with Crippen LogP contribution in [-0.4, -0.2) is 25.1 Å². The summed E-state index contributed by atoms with van der Waals surface area (Å²) in [6, 6.07) is 8.17. The maximum absolute atomic E-state index is 12.1. The predicted octanol–water partition coefficient (Wildman–Crippen LogP) is 2.24. The van der Waals surface area contributed by atoms with Crippen LogP contribution in [0.25, 0.3) is 0 Å². The second kappa shape index (κ2) is 7.02. The van der Waals surface area contributed by atoms with Crippen LogP contribution in [0.2, 0.25) is 0 Å². The van der Waals surface area contributed by atoms with Gasteiger partial charge < -0.3 is 5.32 Å². The monoisotopic (exact) mass is 338 g/mol. The zero-order valence-corrected chi connectivity index (χ0v) is 14.1. The number of aryl methyl sites for hydroxylation is 2. The van der Waals surface area contributed by atoms with E-state index in [9.17, 15) is 13.2 Å². The highest BCUT2D eigenvalue weighted by atomic mass is 32.2. The maximum atomic E-state index is 12.1. The maximum Gasteiger partial charge on any atom is 0.221 e. The SMILES string of the molecule is Cc1nc(C)c(CNC(=O)CCS(=O)(=O)c2ccccc2)s1. The van der Waals surface area contributed by atoms with Crippen molar-refractivity contribution in [2.24, 2.45) is 0 Å². The first kappa shape index (κ1) is 16.6. The van der Waals surface area contributed by atoms with Gasteiger partial charge in [-0.1, -0.05) is 18.2 Å². The zero-order chi connectivity index (χ0) is 16.2. The molecule has 0 saturated carbocycles. The number of sulfone groups is 1. The number of hydrogen-bond donors (Lipinski definition) is 1. The molecule has 5 nitrogen and oxygen atoms in total. The Balaban J connectivity index is 1.87. The van der Waals surface area contributed by atoms with Gasteiger partial charge in [-0.3, -0.25) is 4.79 Å². The molecule has 0 aliphatic carbocycles. The minimum Gasteiger partial charge on any atom is -0.351 e. The van der Waals surface area contributed by atoms with Crippen molar-refractivity contribution in [1.82, 2.24) is 10.3 Å². The summed E-state index contributed by atoms with van der Waals surface area (Å²) in [6.45, 7) is 4.20. The average Bonchev–Trinajstić information content (AvgIpc) is 2.82. The summed E-state index contributed by atoms with van der Waals surface area (Å²) in [4.78, 5) is 17.4. The number of amides is 1. The summed E-state index contributed by atoms with van der Waals surface area (Å²) in [5.74, 6) is -0.464. The molecule has 1 aromatic carbocycles. The van der Waals surface area contributed by atoms with E-state index in [1.165, 1.54) is 23.5 Å². The van der Waals surface area contributed by atoms with E-state index in [2.05, 4.69) is 10.3 Å². The molecule has 0 bridgehead atoms. The van der Waals surface area contributed by atoms with Gasteiger partial charge >= 0.3 is 0 Å². The summed E-state index contributed by atoms with van der Waals surface area (Å²) >= 11 is 1.53. The first-order chi connectivity index (χ1) is 10.4. The third-order valence-electron chi connectivity index (χ3n) is 3.15. The molecular weight excluding hydrogens is 320 g/mol. The van der Waals surface area contributed by atoms with Crippen LogP contribution >= 0.6 is 11.3 Å². The lowest BCUT2D eigenvalue weighted by Crippen LogP contribution is -2.25. The highest BCUT2D eigenvalue weighted by Crippen LogP contribution is 2.16. The topological polar surface area (TPSA) is 76.1 Å². The second-order valence-electron chi connectivity index (χ2n) is 4.90. The third kappa shape index (κ3) is 4.38. The van der Waals surface area contributed by atoms with Gasteiger partial charge in [0.1, 0.15) is 0 Å². The highest BCUT2D eigenvalue weighted by Gasteiger charge is 2.16. The molecule has 0 radical (unpaired) electrons. The Morgan fingerprint density at radius 1 is 1.23 bits per heavy atom. The van der Waals surface area contributed by atoms with Crippen LogP contribution in [0.4, 0.5) is 0 Å². The van der Waals surface area contributed by atoms with E-state index >= 15 is 0 Å². The number of nitrogens with zero attached hydrogens (tertiary/aromatic N) is 1. The van der Waals surface area contributed by atoms with Crippen LogP contribution in [-0.2, 0) is 21.2 Å². The number of aromatic nitrogens is 1. The molecule has 2 aromatic rings. The smallest absolute Gasteiger partial charge is 0.221 e. The zero-order valence-electron chi connectivity index (χ0n) is 12.5. The lowest BCUT2D eigenvalue weighted by atomic mass is 10.3. The van der Waals surface area contributed by atoms with Crippen molar-refractivity contribution in [3.05, 3.63) is 45.9 Å². The first-order valence-corrected chi connectivity index (χ1v) is 9.33. The summed E-state index contributed by atoms with van der Waals surface area (Å²) in [6.07, 6.45) is -0.0476. The van der Waals surface area contributed by atoms with Gasteiger partial charge in [0.15, 0.2) is 9.84 Å². The van der Waals surface area contributed by atoms with Gasteiger partial charge in [0, 0.05) is 11.3 Å². The molecule has 1 N–H and O–H groups in total. The largest absolute Gasteiger partial charge is 0.351 e. The Kier molecular flexibility index (Phi) is 5.31. The number of benzene rings is 1. The van der Waals surface area contributed by atoms with E-state index in [0.29, 0.717) is 6.54 Å². The summed E-state index contributed by atoms with van der Waals surface area (Å²) in [5.41, 5.74) is 0.903. The van der Waals surface area contributed by atoms with Crippen molar-refractivity contribution in [3.8, 4) is 0 Å². The fraction of sp³-hybridized carbons (Fsp3) is 0.333. The van der Waals surface area contributed by atoms with Crippen molar-refractivity contribution in [2.75, 3.05) is 5.75 Å². The molecule has 22 heavy (non-hydrogen) atoms. The van der Waals surface area contributed by atoms with Crippen molar-refractivity contribution in [1.29, 1.82) is 0 Å². The lowest BCUT2D eigenvalue weighted by Gasteiger charge is -2.06. The summed E-state index contributed by atoms with van der Waals surface area (Å²) in [7, 11) is -3.41. The Hall–Kier alpha value is -1.73. The fourth-order valence-electron chi connectivity index (χ4n) is 1.98. The second-order valence-corrected chi connectivity index (χ2v) is 8.30. The number of rotatable bonds is 6. The number of carbonyl (C=O) groups excluding carboxylic acids is 1. The highest BCUT2D eigenvalue weighted by molar-refractivity contribution is 7.91. The van der Waals surface area contributed by atoms with Gasteiger partial charge in [0.05, 0.1) is 27.9 Å². The van der Waals surface area contributed by atoms with Crippen LogP contribution < -0.4 is 5.32 Å². The van der Waals surface area contributed by atoms with E-state index in [-0.39, 0.29) is 23.0 Å². The van der Waals surface area contributed by atoms with E-state index in [1.54, 1.807) is 18.2 Å². The van der Waals surface area contributed by atoms with Crippen LogP contribution in [0, 0.1) is 13.8 Å². The van der Waals surface area contributed by atoms with Crippen LogP contribution in [0.15, 0.2) is 35.2 Å². The van der Waals surface area contributed by atoms with E-state index in [0.717, 1.165) is 15.6 Å².